The van der Waals surface area contributed by atoms with Gasteiger partial charge in [0.2, 0.25) is 0 Å². The van der Waals surface area contributed by atoms with Gasteiger partial charge in [0.1, 0.15) is 0 Å². The average Bonchev–Trinajstić information content (AvgIpc) is 3.60. The second kappa shape index (κ2) is 7.69. The molecule has 156 valence electrons. The minimum Gasteiger partial charge on any atom is -0.381 e. The first kappa shape index (κ1) is 19.0. The molecular formula is C22H29N3O4. The third-order valence-electron chi connectivity index (χ3n) is 7.01. The lowest BCUT2D eigenvalue weighted by Crippen LogP contribution is -2.79. The van der Waals surface area contributed by atoms with Crippen molar-refractivity contribution >= 4 is 11.8 Å². The summed E-state index contributed by atoms with van der Waals surface area (Å²) in [5.74, 6) is 0.818. The number of likely N-dealkylation sites (tertiary alicyclic amines) is 2. The summed E-state index contributed by atoms with van der Waals surface area (Å²) in [6.07, 6.45) is 8.77. The summed E-state index contributed by atoms with van der Waals surface area (Å²) in [7, 11) is 0. The van der Waals surface area contributed by atoms with Gasteiger partial charge in [0.05, 0.1) is 17.7 Å². The highest BCUT2D eigenvalue weighted by Gasteiger charge is 2.63. The zero-order chi connectivity index (χ0) is 19.8. The molecule has 7 heteroatoms. The molecule has 3 saturated heterocycles. The third-order valence-corrected chi connectivity index (χ3v) is 7.01. The van der Waals surface area contributed by atoms with Gasteiger partial charge in [-0.25, -0.2) is 0 Å². The van der Waals surface area contributed by atoms with Crippen molar-refractivity contribution in [1.82, 2.24) is 14.8 Å². The van der Waals surface area contributed by atoms with Gasteiger partial charge in [-0.15, -0.1) is 0 Å². The van der Waals surface area contributed by atoms with Crippen LogP contribution in [-0.4, -0.2) is 77.2 Å². The van der Waals surface area contributed by atoms with Gasteiger partial charge in [-0.1, -0.05) is 0 Å². The lowest BCUT2D eigenvalue weighted by atomic mass is 9.72. The van der Waals surface area contributed by atoms with E-state index in [1.165, 1.54) is 12.8 Å². The van der Waals surface area contributed by atoms with Crippen molar-refractivity contribution in [3.8, 4) is 0 Å². The predicted octanol–water partition coefficient (Wildman–Crippen LogP) is 1.87. The van der Waals surface area contributed by atoms with Crippen LogP contribution in [0.25, 0.3) is 0 Å². The molecule has 1 aromatic heterocycles. The summed E-state index contributed by atoms with van der Waals surface area (Å²) in [4.78, 5) is 33.8. The van der Waals surface area contributed by atoms with E-state index in [4.69, 9.17) is 9.47 Å². The molecule has 7 nitrogen and oxygen atoms in total. The molecule has 4 aliphatic rings. The molecule has 29 heavy (non-hydrogen) atoms. The molecule has 1 aliphatic carbocycles. The number of ether oxygens (including phenoxy) is 2. The normalized spacial score (nSPS) is 27.2. The maximum absolute atomic E-state index is 13.1. The molecule has 4 heterocycles. The van der Waals surface area contributed by atoms with E-state index in [-0.39, 0.29) is 29.5 Å². The van der Waals surface area contributed by atoms with E-state index in [1.807, 2.05) is 4.90 Å². The molecule has 1 atom stereocenters. The van der Waals surface area contributed by atoms with Crippen LogP contribution in [0.5, 0.6) is 0 Å². The van der Waals surface area contributed by atoms with Gasteiger partial charge in [-0.05, 0) is 56.6 Å². The molecule has 2 amide bonds. The summed E-state index contributed by atoms with van der Waals surface area (Å²) in [6, 6.07) is 3.77. The summed E-state index contributed by atoms with van der Waals surface area (Å²) >= 11 is 0. The van der Waals surface area contributed by atoms with Gasteiger partial charge in [-0.3, -0.25) is 14.6 Å². The molecule has 1 aromatic rings. The van der Waals surface area contributed by atoms with Crippen LogP contribution in [0.2, 0.25) is 0 Å². The van der Waals surface area contributed by atoms with Crippen molar-refractivity contribution in [2.75, 3.05) is 32.9 Å². The number of pyridine rings is 1. The fourth-order valence-corrected chi connectivity index (χ4v) is 5.15. The van der Waals surface area contributed by atoms with E-state index < -0.39 is 0 Å². The van der Waals surface area contributed by atoms with Crippen molar-refractivity contribution in [3.63, 3.8) is 0 Å². The number of carbonyl (C=O) groups excluding carboxylic acids is 2. The van der Waals surface area contributed by atoms with Crippen LogP contribution in [0.4, 0.5) is 0 Å². The van der Waals surface area contributed by atoms with Crippen molar-refractivity contribution in [2.45, 2.75) is 56.2 Å². The van der Waals surface area contributed by atoms with Crippen molar-refractivity contribution in [2.24, 2.45) is 5.92 Å². The highest BCUT2D eigenvalue weighted by molar-refractivity contribution is 5.94. The fraction of sp³-hybridized carbons (Fsp3) is 0.682. The van der Waals surface area contributed by atoms with E-state index in [0.717, 1.165) is 25.7 Å². The van der Waals surface area contributed by atoms with Gasteiger partial charge >= 0.3 is 0 Å². The van der Waals surface area contributed by atoms with E-state index in [0.29, 0.717) is 44.4 Å². The zero-order valence-electron chi connectivity index (χ0n) is 16.8. The van der Waals surface area contributed by atoms with Crippen LogP contribution >= 0.6 is 0 Å². The Hall–Kier alpha value is -1.99. The molecule has 4 fully saturated rings. The quantitative estimate of drug-likeness (QED) is 0.707. The smallest absolute Gasteiger partial charge is 0.255 e. The van der Waals surface area contributed by atoms with E-state index in [2.05, 4.69) is 9.88 Å². The SMILES string of the molecule is O=C(c1cccnc1)N1CCC(N2C(=O)C(OCC3CC3)C23CCOCC3)CC1. The van der Waals surface area contributed by atoms with E-state index >= 15 is 0 Å². The van der Waals surface area contributed by atoms with Crippen LogP contribution in [0, 0.1) is 5.92 Å². The first-order chi connectivity index (χ1) is 14.2. The largest absolute Gasteiger partial charge is 0.381 e. The number of carbonyl (C=O) groups is 2. The molecule has 0 N–H and O–H groups in total. The predicted molar refractivity (Wildman–Crippen MR) is 105 cm³/mol. The molecule has 5 rings (SSSR count). The topological polar surface area (TPSA) is 72.0 Å². The average molecular weight is 399 g/mol. The summed E-state index contributed by atoms with van der Waals surface area (Å²) in [6.45, 7) is 3.42. The van der Waals surface area contributed by atoms with Crippen LogP contribution < -0.4 is 0 Å². The fourth-order valence-electron chi connectivity index (χ4n) is 5.15. The number of amides is 2. The molecule has 1 spiro atoms. The Labute approximate surface area is 171 Å². The molecule has 1 saturated carbocycles. The summed E-state index contributed by atoms with van der Waals surface area (Å²) in [5, 5.41) is 0. The number of piperidine rings is 1. The highest BCUT2D eigenvalue weighted by atomic mass is 16.5. The maximum atomic E-state index is 13.1. The molecule has 3 aliphatic heterocycles. The minimum atomic E-state index is -0.304. The first-order valence-electron chi connectivity index (χ1n) is 10.9. The minimum absolute atomic E-state index is 0.0258. The van der Waals surface area contributed by atoms with Gasteiger partial charge in [-0.2, -0.15) is 0 Å². The maximum Gasteiger partial charge on any atom is 0.255 e. The lowest BCUT2D eigenvalue weighted by molar-refractivity contribution is -0.219. The summed E-state index contributed by atoms with van der Waals surface area (Å²) in [5.41, 5.74) is 0.421. The Morgan fingerprint density at radius 1 is 1.21 bits per heavy atom. The van der Waals surface area contributed by atoms with E-state index in [1.54, 1.807) is 24.5 Å². The highest BCUT2D eigenvalue weighted by Crippen LogP contribution is 2.46. The van der Waals surface area contributed by atoms with Crippen molar-refractivity contribution in [3.05, 3.63) is 30.1 Å². The number of β-lactam (4-membered cyclic amide) rings is 1. The molecule has 0 radical (unpaired) electrons. The van der Waals surface area contributed by atoms with Gasteiger partial charge in [0, 0.05) is 44.7 Å². The molecule has 1 unspecified atom stereocenters. The van der Waals surface area contributed by atoms with Gasteiger partial charge in [0.25, 0.3) is 11.8 Å². The monoisotopic (exact) mass is 399 g/mol. The lowest BCUT2D eigenvalue weighted by Gasteiger charge is -2.62. The first-order valence-corrected chi connectivity index (χ1v) is 10.9. The molecule has 0 bridgehead atoms. The van der Waals surface area contributed by atoms with Gasteiger partial charge < -0.3 is 19.3 Å². The molecule has 0 aromatic carbocycles. The zero-order valence-corrected chi connectivity index (χ0v) is 16.8. The third kappa shape index (κ3) is 3.44. The van der Waals surface area contributed by atoms with E-state index in [9.17, 15) is 9.59 Å². The van der Waals surface area contributed by atoms with Crippen LogP contribution in [0.3, 0.4) is 0 Å². The van der Waals surface area contributed by atoms with Crippen LogP contribution in [0.15, 0.2) is 24.5 Å². The number of hydrogen-bond acceptors (Lipinski definition) is 5. The van der Waals surface area contributed by atoms with Crippen molar-refractivity contribution in [1.29, 1.82) is 0 Å². The standard InChI is InChI=1S/C22H29N3O4/c26-20(17-2-1-9-23-14-17)24-10-5-18(6-11-24)25-21(27)19(29-15-16-3-4-16)22(25)7-12-28-13-8-22/h1-2,9,14,16,18-19H,3-8,10-13,15H2. The second-order valence-corrected chi connectivity index (χ2v) is 8.85. The Morgan fingerprint density at radius 2 is 1.97 bits per heavy atom. The number of nitrogens with zero attached hydrogens (tertiary/aromatic N) is 3. The number of hydrogen-bond donors (Lipinski definition) is 0. The Balaban J connectivity index is 1.24. The Bertz CT molecular complexity index is 753. The number of rotatable bonds is 5. The Kier molecular flexibility index (Phi) is 5.04. The summed E-state index contributed by atoms with van der Waals surface area (Å²) < 4.78 is 11.7. The number of aromatic nitrogens is 1. The second-order valence-electron chi connectivity index (χ2n) is 8.85. The van der Waals surface area contributed by atoms with Crippen LogP contribution in [-0.2, 0) is 14.3 Å². The Morgan fingerprint density at radius 3 is 2.62 bits per heavy atom. The van der Waals surface area contributed by atoms with Crippen molar-refractivity contribution < 1.29 is 19.1 Å². The van der Waals surface area contributed by atoms with Crippen LogP contribution in [0.1, 0.15) is 48.9 Å². The van der Waals surface area contributed by atoms with Gasteiger partial charge in [0.15, 0.2) is 6.10 Å². The molecular weight excluding hydrogens is 370 g/mol.